The number of hydrogen-bond acceptors (Lipinski definition) is 2. The molecule has 0 aliphatic carbocycles. The fraction of sp³-hybridized carbons (Fsp3) is 0.647. The van der Waals surface area contributed by atoms with Gasteiger partial charge in [-0.2, -0.15) is 0 Å². The van der Waals surface area contributed by atoms with E-state index in [1.54, 1.807) is 0 Å². The van der Waals surface area contributed by atoms with Crippen LogP contribution in [0.25, 0.3) is 0 Å². The van der Waals surface area contributed by atoms with E-state index in [9.17, 15) is 0 Å². The third-order valence-corrected chi connectivity index (χ3v) is 3.77. The van der Waals surface area contributed by atoms with Crippen LogP contribution in [0, 0.1) is 12.3 Å². The van der Waals surface area contributed by atoms with E-state index in [0.29, 0.717) is 0 Å². The quantitative estimate of drug-likeness (QED) is 0.839. The van der Waals surface area contributed by atoms with Crippen molar-refractivity contribution in [3.8, 4) is 0 Å². The van der Waals surface area contributed by atoms with Crippen molar-refractivity contribution >= 4 is 5.69 Å². The summed E-state index contributed by atoms with van der Waals surface area (Å²) in [5.74, 6) is 0. The molecule has 0 saturated heterocycles. The van der Waals surface area contributed by atoms with E-state index in [-0.39, 0.29) is 10.8 Å². The maximum atomic E-state index is 5.77. The van der Waals surface area contributed by atoms with Crippen LogP contribution in [0.5, 0.6) is 0 Å². The molecule has 1 rings (SSSR count). The van der Waals surface area contributed by atoms with Crippen molar-refractivity contribution in [1.82, 2.24) is 0 Å². The molecule has 0 spiro atoms. The van der Waals surface area contributed by atoms with Gasteiger partial charge in [0.25, 0.3) is 0 Å². The SMILES string of the molecule is Cc1ccc(C(C)(C)C)cc1NCCC(C)(C)CN. The zero-order valence-corrected chi connectivity index (χ0v) is 13.4. The van der Waals surface area contributed by atoms with Gasteiger partial charge >= 0.3 is 0 Å². The minimum Gasteiger partial charge on any atom is -0.385 e. The zero-order valence-electron chi connectivity index (χ0n) is 13.4. The molecule has 1 aromatic carbocycles. The molecule has 0 aliphatic heterocycles. The number of anilines is 1. The van der Waals surface area contributed by atoms with Crippen LogP contribution in [0.4, 0.5) is 5.69 Å². The number of hydrogen-bond donors (Lipinski definition) is 2. The van der Waals surface area contributed by atoms with Gasteiger partial charge < -0.3 is 11.1 Å². The van der Waals surface area contributed by atoms with Crippen LogP contribution in [0.2, 0.25) is 0 Å². The Bertz CT molecular complexity index is 414. The number of nitrogens with one attached hydrogen (secondary N) is 1. The highest BCUT2D eigenvalue weighted by atomic mass is 14.9. The highest BCUT2D eigenvalue weighted by Crippen LogP contribution is 2.27. The molecule has 0 fully saturated rings. The van der Waals surface area contributed by atoms with E-state index >= 15 is 0 Å². The van der Waals surface area contributed by atoms with Crippen molar-refractivity contribution < 1.29 is 0 Å². The third-order valence-electron chi connectivity index (χ3n) is 3.77. The molecule has 3 N–H and O–H groups in total. The Hall–Kier alpha value is -1.02. The molecule has 0 aliphatic rings. The molecule has 2 nitrogen and oxygen atoms in total. The number of nitrogens with two attached hydrogens (primary N) is 1. The Kier molecular flexibility index (Phi) is 5.03. The fourth-order valence-corrected chi connectivity index (χ4v) is 1.92. The van der Waals surface area contributed by atoms with Crippen LogP contribution in [0.1, 0.15) is 52.2 Å². The lowest BCUT2D eigenvalue weighted by atomic mass is 9.86. The largest absolute Gasteiger partial charge is 0.385 e. The summed E-state index contributed by atoms with van der Waals surface area (Å²) in [5.41, 5.74) is 10.1. The van der Waals surface area contributed by atoms with Gasteiger partial charge in [0, 0.05) is 12.2 Å². The van der Waals surface area contributed by atoms with Crippen molar-refractivity contribution in [3.05, 3.63) is 29.3 Å². The molecule has 0 radical (unpaired) electrons. The first-order valence-electron chi connectivity index (χ1n) is 7.21. The molecule has 0 aromatic heterocycles. The van der Waals surface area contributed by atoms with Crippen LogP contribution >= 0.6 is 0 Å². The lowest BCUT2D eigenvalue weighted by Gasteiger charge is -2.24. The summed E-state index contributed by atoms with van der Waals surface area (Å²) in [6.07, 6.45) is 1.09. The van der Waals surface area contributed by atoms with Crippen LogP contribution < -0.4 is 11.1 Å². The smallest absolute Gasteiger partial charge is 0.0372 e. The molecule has 0 unspecified atom stereocenters. The second-order valence-corrected chi connectivity index (χ2v) is 7.32. The van der Waals surface area contributed by atoms with Gasteiger partial charge in [-0.1, -0.05) is 46.8 Å². The number of aryl methyl sites for hydroxylation is 1. The van der Waals surface area contributed by atoms with E-state index in [0.717, 1.165) is 19.5 Å². The maximum Gasteiger partial charge on any atom is 0.0372 e. The molecule has 0 bridgehead atoms. The zero-order chi connectivity index (χ0) is 14.7. The maximum absolute atomic E-state index is 5.77. The van der Waals surface area contributed by atoms with Crippen LogP contribution in [0.3, 0.4) is 0 Å². The van der Waals surface area contributed by atoms with E-state index < -0.39 is 0 Å². The van der Waals surface area contributed by atoms with E-state index in [4.69, 9.17) is 5.73 Å². The summed E-state index contributed by atoms with van der Waals surface area (Å²) in [7, 11) is 0. The summed E-state index contributed by atoms with van der Waals surface area (Å²) < 4.78 is 0. The normalized spacial score (nSPS) is 12.6. The first-order valence-corrected chi connectivity index (χ1v) is 7.21. The molecule has 0 heterocycles. The molecule has 0 atom stereocenters. The molecule has 0 amide bonds. The van der Waals surface area contributed by atoms with Crippen LogP contribution in [-0.2, 0) is 5.41 Å². The highest BCUT2D eigenvalue weighted by Gasteiger charge is 2.16. The van der Waals surface area contributed by atoms with Crippen molar-refractivity contribution in [2.75, 3.05) is 18.4 Å². The summed E-state index contributed by atoms with van der Waals surface area (Å²) in [4.78, 5) is 0. The van der Waals surface area contributed by atoms with E-state index in [1.807, 2.05) is 0 Å². The Labute approximate surface area is 118 Å². The second kappa shape index (κ2) is 5.96. The summed E-state index contributed by atoms with van der Waals surface area (Å²) in [6, 6.07) is 6.71. The van der Waals surface area contributed by atoms with Crippen molar-refractivity contribution in [3.63, 3.8) is 0 Å². The number of rotatable bonds is 5. The fourth-order valence-electron chi connectivity index (χ4n) is 1.92. The molecule has 108 valence electrons. The van der Waals surface area contributed by atoms with Gasteiger partial charge in [-0.05, 0) is 47.9 Å². The van der Waals surface area contributed by atoms with Gasteiger partial charge in [0.15, 0.2) is 0 Å². The minimum absolute atomic E-state index is 0.195. The summed E-state index contributed by atoms with van der Waals surface area (Å²) in [5, 5.41) is 3.56. The average Bonchev–Trinajstić information content (AvgIpc) is 2.30. The first kappa shape index (κ1) is 16.0. The van der Waals surface area contributed by atoms with Gasteiger partial charge in [0.2, 0.25) is 0 Å². The molecule has 19 heavy (non-hydrogen) atoms. The lowest BCUT2D eigenvalue weighted by Crippen LogP contribution is -2.26. The Morgan fingerprint density at radius 2 is 1.74 bits per heavy atom. The van der Waals surface area contributed by atoms with E-state index in [1.165, 1.54) is 16.8 Å². The topological polar surface area (TPSA) is 38.0 Å². The number of benzene rings is 1. The first-order chi connectivity index (χ1) is 8.65. The van der Waals surface area contributed by atoms with Crippen molar-refractivity contribution in [2.24, 2.45) is 11.1 Å². The van der Waals surface area contributed by atoms with Crippen molar-refractivity contribution in [2.45, 2.75) is 53.4 Å². The average molecular weight is 262 g/mol. The third kappa shape index (κ3) is 4.87. The van der Waals surface area contributed by atoms with Crippen LogP contribution in [-0.4, -0.2) is 13.1 Å². The van der Waals surface area contributed by atoms with Gasteiger partial charge in [-0.25, -0.2) is 0 Å². The van der Waals surface area contributed by atoms with Gasteiger partial charge in [-0.3, -0.25) is 0 Å². The van der Waals surface area contributed by atoms with Crippen molar-refractivity contribution in [1.29, 1.82) is 0 Å². The standard InChI is InChI=1S/C17H30N2/c1-13-7-8-14(16(2,3)4)11-15(13)19-10-9-17(5,6)12-18/h7-8,11,19H,9-10,12,18H2,1-6H3. The Morgan fingerprint density at radius 3 is 2.26 bits per heavy atom. The molecular formula is C17H30N2. The molecule has 0 saturated carbocycles. The lowest BCUT2D eigenvalue weighted by molar-refractivity contribution is 0.358. The van der Waals surface area contributed by atoms with Gasteiger partial charge in [-0.15, -0.1) is 0 Å². The highest BCUT2D eigenvalue weighted by molar-refractivity contribution is 5.53. The van der Waals surface area contributed by atoms with Gasteiger partial charge in [0.05, 0.1) is 0 Å². The summed E-state index contributed by atoms with van der Waals surface area (Å²) in [6.45, 7) is 15.0. The van der Waals surface area contributed by atoms with Crippen LogP contribution in [0.15, 0.2) is 18.2 Å². The monoisotopic (exact) mass is 262 g/mol. The second-order valence-electron chi connectivity index (χ2n) is 7.32. The minimum atomic E-state index is 0.195. The molecular weight excluding hydrogens is 232 g/mol. The predicted octanol–water partition coefficient (Wildman–Crippen LogP) is 4.08. The molecule has 1 aromatic rings. The van der Waals surface area contributed by atoms with E-state index in [2.05, 4.69) is 65.1 Å². The van der Waals surface area contributed by atoms with Gasteiger partial charge in [0.1, 0.15) is 0 Å². The predicted molar refractivity (Wildman–Crippen MR) is 85.8 cm³/mol. The Morgan fingerprint density at radius 1 is 1.11 bits per heavy atom. The summed E-state index contributed by atoms with van der Waals surface area (Å²) >= 11 is 0. The molecule has 2 heteroatoms. The Balaban J connectivity index is 2.73.